The number of amides is 4. The number of H-pyrrole nitrogens is 1. The Morgan fingerprint density at radius 3 is 2.80 bits per heavy atom. The minimum absolute atomic E-state index is 0.141. The number of alkyl halides is 1. The molecule has 4 amide bonds. The first kappa shape index (κ1) is 28.9. The van der Waals surface area contributed by atoms with Gasteiger partial charge in [-0.25, -0.2) is 4.39 Å². The van der Waals surface area contributed by atoms with Gasteiger partial charge in [-0.05, 0) is 17.5 Å². The summed E-state index contributed by atoms with van der Waals surface area (Å²) in [5.74, 6) is -2.12. The van der Waals surface area contributed by atoms with Crippen molar-refractivity contribution in [3.8, 4) is 0 Å². The quantitative estimate of drug-likeness (QED) is 0.261. The fourth-order valence-corrected chi connectivity index (χ4v) is 4.99. The van der Waals surface area contributed by atoms with E-state index in [2.05, 4.69) is 31.4 Å². The van der Waals surface area contributed by atoms with Crippen molar-refractivity contribution in [1.82, 2.24) is 31.4 Å². The first-order valence-corrected chi connectivity index (χ1v) is 13.3. The summed E-state index contributed by atoms with van der Waals surface area (Å²) in [4.78, 5) is 56.5. The normalized spacial score (nSPS) is 19.4. The fraction of sp³-hybridized carbons (Fsp3) is 0.538. The first-order valence-electron chi connectivity index (χ1n) is 13.3. The SMILES string of the molecule is CC[C@H](C)[C@H](NC(=O)COCCF)C(=O)N[C@H]1CN(C)c2cccc3c2N(C1=O)[C@H](C(=O)NCc1cn[nH]n1)C3. The van der Waals surface area contributed by atoms with E-state index in [-0.39, 0.29) is 38.1 Å². The molecule has 13 nitrogen and oxygen atoms in total. The summed E-state index contributed by atoms with van der Waals surface area (Å²) < 4.78 is 17.3. The van der Waals surface area contributed by atoms with Gasteiger partial charge in [-0.15, -0.1) is 0 Å². The van der Waals surface area contributed by atoms with Crippen molar-refractivity contribution in [2.45, 2.75) is 51.4 Å². The van der Waals surface area contributed by atoms with Crippen molar-refractivity contribution in [2.75, 3.05) is 43.3 Å². The largest absolute Gasteiger partial charge is 0.370 e. The highest BCUT2D eigenvalue weighted by Gasteiger charge is 2.45. The van der Waals surface area contributed by atoms with E-state index in [4.69, 9.17) is 4.74 Å². The van der Waals surface area contributed by atoms with E-state index >= 15 is 0 Å². The summed E-state index contributed by atoms with van der Waals surface area (Å²) in [5.41, 5.74) is 2.81. The first-order chi connectivity index (χ1) is 19.2. The van der Waals surface area contributed by atoms with Crippen molar-refractivity contribution in [2.24, 2.45) is 5.92 Å². The molecule has 0 fully saturated rings. The van der Waals surface area contributed by atoms with Gasteiger partial charge in [0.2, 0.25) is 17.7 Å². The molecule has 2 aliphatic rings. The van der Waals surface area contributed by atoms with Gasteiger partial charge >= 0.3 is 0 Å². The van der Waals surface area contributed by atoms with Gasteiger partial charge in [-0.2, -0.15) is 15.4 Å². The van der Waals surface area contributed by atoms with Gasteiger partial charge in [0.1, 0.15) is 37.1 Å². The number of hydrogen-bond donors (Lipinski definition) is 4. The third-order valence-electron chi connectivity index (χ3n) is 7.26. The molecule has 4 rings (SSSR count). The van der Waals surface area contributed by atoms with Crippen molar-refractivity contribution in [1.29, 1.82) is 0 Å². The zero-order valence-corrected chi connectivity index (χ0v) is 22.8. The molecule has 216 valence electrons. The van der Waals surface area contributed by atoms with Gasteiger partial charge in [0.05, 0.1) is 30.7 Å². The average Bonchev–Trinajstić information content (AvgIpc) is 3.59. The van der Waals surface area contributed by atoms with Crippen LogP contribution in [0.25, 0.3) is 0 Å². The molecule has 2 aliphatic heterocycles. The molecule has 4 N–H and O–H groups in total. The average molecular weight is 559 g/mol. The van der Waals surface area contributed by atoms with Crippen LogP contribution in [0.3, 0.4) is 0 Å². The lowest BCUT2D eigenvalue weighted by molar-refractivity contribution is -0.134. The Morgan fingerprint density at radius 1 is 1.30 bits per heavy atom. The molecule has 2 aromatic rings. The summed E-state index contributed by atoms with van der Waals surface area (Å²) in [6.07, 6.45) is 2.40. The second-order valence-corrected chi connectivity index (χ2v) is 10.0. The van der Waals surface area contributed by atoms with E-state index in [0.717, 1.165) is 11.3 Å². The molecule has 1 aromatic heterocycles. The fourth-order valence-electron chi connectivity index (χ4n) is 4.99. The van der Waals surface area contributed by atoms with Gasteiger partial charge in [-0.1, -0.05) is 32.4 Å². The number of halogens is 1. The minimum Gasteiger partial charge on any atom is -0.370 e. The Labute approximate surface area is 231 Å². The van der Waals surface area contributed by atoms with Crippen LogP contribution in [-0.4, -0.2) is 90.6 Å². The maximum Gasteiger partial charge on any atom is 0.252 e. The number of ether oxygens (including phenoxy) is 1. The Kier molecular flexibility index (Phi) is 9.30. The van der Waals surface area contributed by atoms with Crippen LogP contribution in [0, 0.1) is 5.92 Å². The van der Waals surface area contributed by atoms with E-state index < -0.39 is 42.5 Å². The van der Waals surface area contributed by atoms with Crippen molar-refractivity contribution in [3.05, 3.63) is 35.7 Å². The molecule has 0 spiro atoms. The molecule has 0 unspecified atom stereocenters. The Hall–Kier alpha value is -4.07. The molecule has 0 saturated heterocycles. The molecule has 0 bridgehead atoms. The van der Waals surface area contributed by atoms with E-state index in [1.165, 1.54) is 11.1 Å². The topological polar surface area (TPSA) is 162 Å². The third-order valence-corrected chi connectivity index (χ3v) is 7.26. The lowest BCUT2D eigenvalue weighted by atomic mass is 9.97. The van der Waals surface area contributed by atoms with Crippen LogP contribution < -0.4 is 25.8 Å². The Bertz CT molecular complexity index is 1230. The minimum atomic E-state index is -0.993. The highest BCUT2D eigenvalue weighted by Crippen LogP contribution is 2.42. The maximum atomic E-state index is 14.0. The van der Waals surface area contributed by atoms with Gasteiger partial charge in [-0.3, -0.25) is 24.1 Å². The van der Waals surface area contributed by atoms with E-state index in [1.54, 1.807) is 0 Å². The number of para-hydroxylation sites is 1. The van der Waals surface area contributed by atoms with Crippen LogP contribution in [0.15, 0.2) is 24.4 Å². The number of nitrogens with one attached hydrogen (secondary N) is 4. The molecule has 40 heavy (non-hydrogen) atoms. The Balaban J connectivity index is 1.54. The summed E-state index contributed by atoms with van der Waals surface area (Å²) in [6, 6.07) is 2.88. The van der Waals surface area contributed by atoms with Crippen molar-refractivity contribution >= 4 is 35.0 Å². The predicted octanol–water partition coefficient (Wildman–Crippen LogP) is -0.170. The molecular formula is C26H35FN8O5. The summed E-state index contributed by atoms with van der Waals surface area (Å²) in [6.45, 7) is 2.67. The molecule has 1 aromatic carbocycles. The molecule has 0 radical (unpaired) electrons. The number of likely N-dealkylation sites (N-methyl/N-ethyl adjacent to an activating group) is 1. The molecule has 3 heterocycles. The second kappa shape index (κ2) is 12.9. The zero-order valence-electron chi connectivity index (χ0n) is 22.8. The number of carbonyl (C=O) groups excluding carboxylic acids is 4. The van der Waals surface area contributed by atoms with Crippen molar-refractivity contribution in [3.63, 3.8) is 0 Å². The van der Waals surface area contributed by atoms with Gasteiger partial charge in [0, 0.05) is 20.0 Å². The third kappa shape index (κ3) is 6.22. The Morgan fingerprint density at radius 2 is 2.10 bits per heavy atom. The predicted molar refractivity (Wildman–Crippen MR) is 143 cm³/mol. The number of benzene rings is 1. The lowest BCUT2D eigenvalue weighted by Gasteiger charge is -2.29. The second-order valence-electron chi connectivity index (χ2n) is 10.0. The lowest BCUT2D eigenvalue weighted by Crippen LogP contribution is -2.60. The van der Waals surface area contributed by atoms with Crippen molar-refractivity contribution < 1.29 is 28.3 Å². The van der Waals surface area contributed by atoms with Crippen LogP contribution >= 0.6 is 0 Å². The van der Waals surface area contributed by atoms with Crippen LogP contribution in [0.2, 0.25) is 0 Å². The van der Waals surface area contributed by atoms with Crippen LogP contribution in [-0.2, 0) is 36.9 Å². The summed E-state index contributed by atoms with van der Waals surface area (Å²) >= 11 is 0. The van der Waals surface area contributed by atoms with E-state index in [9.17, 15) is 23.6 Å². The number of rotatable bonds is 12. The molecule has 14 heteroatoms. The number of aromatic nitrogens is 3. The highest BCUT2D eigenvalue weighted by atomic mass is 19.1. The summed E-state index contributed by atoms with van der Waals surface area (Å²) in [5, 5.41) is 18.5. The number of anilines is 2. The van der Waals surface area contributed by atoms with Crippen LogP contribution in [0.1, 0.15) is 31.5 Å². The van der Waals surface area contributed by atoms with Gasteiger partial charge in [0.25, 0.3) is 5.91 Å². The molecule has 4 atom stereocenters. The van der Waals surface area contributed by atoms with Crippen LogP contribution in [0.5, 0.6) is 0 Å². The monoisotopic (exact) mass is 558 g/mol. The summed E-state index contributed by atoms with van der Waals surface area (Å²) in [7, 11) is 1.82. The van der Waals surface area contributed by atoms with E-state index in [0.29, 0.717) is 24.2 Å². The molecule has 0 saturated carbocycles. The van der Waals surface area contributed by atoms with E-state index in [1.807, 2.05) is 44.0 Å². The van der Waals surface area contributed by atoms with Crippen LogP contribution in [0.4, 0.5) is 15.8 Å². The van der Waals surface area contributed by atoms with Gasteiger partial charge in [0.15, 0.2) is 0 Å². The number of carbonyl (C=O) groups is 4. The number of nitrogens with zero attached hydrogens (tertiary/aromatic N) is 4. The highest BCUT2D eigenvalue weighted by molar-refractivity contribution is 6.10. The number of hydrogen-bond acceptors (Lipinski definition) is 8. The maximum absolute atomic E-state index is 14.0. The standard InChI is InChI=1S/C26H35FN8O5/c1-4-15(2)22(31-21(36)14-40-9-8-27)25(38)30-18-13-34(3)19-7-5-6-16-10-20(35(23(16)19)26(18)39)24(37)28-11-17-12-29-33-32-17/h5-7,12,15,18,20,22H,4,8-11,13-14H2,1-3H3,(H,28,37)(H,30,38)(H,31,36)(H,29,32,33)/t15-,18-,20-,22-/m0/s1. The molecule has 0 aliphatic carbocycles. The smallest absolute Gasteiger partial charge is 0.252 e. The molecular weight excluding hydrogens is 523 g/mol. The zero-order chi connectivity index (χ0) is 28.8. The number of aromatic amines is 1. The van der Waals surface area contributed by atoms with Gasteiger partial charge < -0.3 is 25.6 Å².